The van der Waals surface area contributed by atoms with Crippen molar-refractivity contribution < 1.29 is 9.15 Å². The summed E-state index contributed by atoms with van der Waals surface area (Å²) in [6.07, 6.45) is 1.49. The van der Waals surface area contributed by atoms with Crippen LogP contribution in [0.25, 0.3) is 11.5 Å². The van der Waals surface area contributed by atoms with Crippen molar-refractivity contribution in [3.8, 4) is 17.3 Å². The second-order valence-corrected chi connectivity index (χ2v) is 2.56. The summed E-state index contributed by atoms with van der Waals surface area (Å²) < 4.78 is 10.1. The van der Waals surface area contributed by atoms with Gasteiger partial charge in [0, 0.05) is 5.56 Å². The molecule has 0 aliphatic rings. The second-order valence-electron chi connectivity index (χ2n) is 2.56. The molecule has 13 heavy (non-hydrogen) atoms. The first-order valence-electron chi connectivity index (χ1n) is 3.95. The first kappa shape index (κ1) is 7.86. The third-order valence-electron chi connectivity index (χ3n) is 1.71. The molecular weight excluding hydrogens is 166 g/mol. The average molecular weight is 175 g/mol. The van der Waals surface area contributed by atoms with Crippen molar-refractivity contribution in [2.24, 2.45) is 0 Å². The Kier molecular flexibility index (Phi) is 2.00. The van der Waals surface area contributed by atoms with Crippen LogP contribution in [0, 0.1) is 0 Å². The zero-order chi connectivity index (χ0) is 9.10. The summed E-state index contributed by atoms with van der Waals surface area (Å²) in [7, 11) is 1.56. The minimum atomic E-state index is 0.499. The molecule has 1 aromatic carbocycles. The Morgan fingerprint density at radius 3 is 2.62 bits per heavy atom. The van der Waals surface area contributed by atoms with Gasteiger partial charge >= 0.3 is 0 Å². The van der Waals surface area contributed by atoms with Crippen LogP contribution in [0.2, 0.25) is 0 Å². The number of methoxy groups -OCH3 is 1. The smallest absolute Gasteiger partial charge is 0.252 e. The van der Waals surface area contributed by atoms with Gasteiger partial charge in [0.25, 0.3) is 5.88 Å². The number of rotatable bonds is 2. The molecule has 0 atom stereocenters. The van der Waals surface area contributed by atoms with E-state index in [9.17, 15) is 0 Å². The molecule has 0 saturated heterocycles. The van der Waals surface area contributed by atoms with E-state index in [1.54, 1.807) is 7.11 Å². The molecule has 0 fully saturated rings. The first-order valence-corrected chi connectivity index (χ1v) is 3.95. The lowest BCUT2D eigenvalue weighted by Crippen LogP contribution is -1.81. The summed E-state index contributed by atoms with van der Waals surface area (Å²) in [5, 5.41) is 0. The molecule has 1 heterocycles. The summed E-state index contributed by atoms with van der Waals surface area (Å²) in [6, 6.07) is 9.69. The van der Waals surface area contributed by atoms with Gasteiger partial charge in [0.2, 0.25) is 5.89 Å². The highest BCUT2D eigenvalue weighted by Crippen LogP contribution is 2.20. The van der Waals surface area contributed by atoms with E-state index in [1.165, 1.54) is 6.26 Å². The van der Waals surface area contributed by atoms with Crippen LogP contribution in [0.4, 0.5) is 0 Å². The Morgan fingerprint density at radius 2 is 2.00 bits per heavy atom. The Balaban J connectivity index is 2.36. The van der Waals surface area contributed by atoms with Crippen LogP contribution in [0.15, 0.2) is 41.0 Å². The van der Waals surface area contributed by atoms with Gasteiger partial charge in [-0.15, -0.1) is 0 Å². The van der Waals surface area contributed by atoms with Crippen LogP contribution in [0.5, 0.6) is 5.88 Å². The molecule has 0 spiro atoms. The SMILES string of the molecule is COc1coc(-c2ccccc2)n1. The fourth-order valence-corrected chi connectivity index (χ4v) is 1.07. The van der Waals surface area contributed by atoms with E-state index in [-0.39, 0.29) is 0 Å². The summed E-state index contributed by atoms with van der Waals surface area (Å²) in [4.78, 5) is 4.11. The Hall–Kier alpha value is -1.77. The molecule has 3 heteroatoms. The van der Waals surface area contributed by atoms with Crippen LogP contribution >= 0.6 is 0 Å². The molecule has 3 nitrogen and oxygen atoms in total. The van der Waals surface area contributed by atoms with Gasteiger partial charge in [0.05, 0.1) is 7.11 Å². The van der Waals surface area contributed by atoms with Crippen molar-refractivity contribution in [2.45, 2.75) is 0 Å². The summed E-state index contributed by atoms with van der Waals surface area (Å²) in [5.41, 5.74) is 0.950. The molecule has 2 aromatic rings. The van der Waals surface area contributed by atoms with Gasteiger partial charge in [-0.3, -0.25) is 0 Å². The van der Waals surface area contributed by atoms with Crippen molar-refractivity contribution in [1.82, 2.24) is 4.98 Å². The molecule has 0 unspecified atom stereocenters. The van der Waals surface area contributed by atoms with E-state index in [0.29, 0.717) is 11.8 Å². The standard InChI is InChI=1S/C10H9NO2/c1-12-9-7-13-10(11-9)8-5-3-2-4-6-8/h2-7H,1H3. The monoisotopic (exact) mass is 175 g/mol. The van der Waals surface area contributed by atoms with E-state index < -0.39 is 0 Å². The highest BCUT2D eigenvalue weighted by atomic mass is 16.5. The van der Waals surface area contributed by atoms with Crippen molar-refractivity contribution in [3.05, 3.63) is 36.6 Å². The van der Waals surface area contributed by atoms with Gasteiger partial charge in [-0.05, 0) is 12.1 Å². The van der Waals surface area contributed by atoms with Crippen LogP contribution in [0.1, 0.15) is 0 Å². The maximum Gasteiger partial charge on any atom is 0.252 e. The van der Waals surface area contributed by atoms with Crippen LogP contribution in [0.3, 0.4) is 0 Å². The van der Waals surface area contributed by atoms with Crippen LogP contribution in [-0.2, 0) is 0 Å². The number of hydrogen-bond acceptors (Lipinski definition) is 3. The van der Waals surface area contributed by atoms with E-state index in [2.05, 4.69) is 4.98 Å². The maximum atomic E-state index is 5.21. The number of ether oxygens (including phenoxy) is 1. The molecule has 0 bridgehead atoms. The lowest BCUT2D eigenvalue weighted by atomic mass is 10.2. The normalized spacial score (nSPS) is 9.92. The molecule has 2 rings (SSSR count). The largest absolute Gasteiger partial charge is 0.479 e. The lowest BCUT2D eigenvalue weighted by molar-refractivity contribution is 0.395. The number of nitrogens with zero attached hydrogens (tertiary/aromatic N) is 1. The number of oxazole rings is 1. The third-order valence-corrected chi connectivity index (χ3v) is 1.71. The zero-order valence-corrected chi connectivity index (χ0v) is 7.23. The number of aromatic nitrogens is 1. The average Bonchev–Trinajstić information content (AvgIpc) is 2.67. The molecule has 0 aliphatic heterocycles. The van der Waals surface area contributed by atoms with Gasteiger partial charge in [-0.25, -0.2) is 0 Å². The Bertz CT molecular complexity index is 381. The van der Waals surface area contributed by atoms with Crippen LogP contribution < -0.4 is 4.74 Å². The molecule has 0 saturated carbocycles. The van der Waals surface area contributed by atoms with Crippen LogP contribution in [-0.4, -0.2) is 12.1 Å². The highest BCUT2D eigenvalue weighted by molar-refractivity contribution is 5.52. The van der Waals surface area contributed by atoms with Gasteiger partial charge in [0.1, 0.15) is 0 Å². The Morgan fingerprint density at radius 1 is 1.23 bits per heavy atom. The Labute approximate surface area is 76.0 Å². The zero-order valence-electron chi connectivity index (χ0n) is 7.23. The molecule has 0 aliphatic carbocycles. The summed E-state index contributed by atoms with van der Waals surface area (Å²) in [6.45, 7) is 0. The molecular formula is C10H9NO2. The van der Waals surface area contributed by atoms with E-state index in [4.69, 9.17) is 9.15 Å². The van der Waals surface area contributed by atoms with Gasteiger partial charge in [-0.2, -0.15) is 4.98 Å². The van der Waals surface area contributed by atoms with E-state index in [1.807, 2.05) is 30.3 Å². The van der Waals surface area contributed by atoms with Gasteiger partial charge < -0.3 is 9.15 Å². The van der Waals surface area contributed by atoms with Crippen molar-refractivity contribution in [3.63, 3.8) is 0 Å². The van der Waals surface area contributed by atoms with Gasteiger partial charge in [-0.1, -0.05) is 18.2 Å². The second kappa shape index (κ2) is 3.31. The van der Waals surface area contributed by atoms with E-state index >= 15 is 0 Å². The topological polar surface area (TPSA) is 35.3 Å². The predicted molar refractivity (Wildman–Crippen MR) is 48.5 cm³/mol. The quantitative estimate of drug-likeness (QED) is 0.702. The fraction of sp³-hybridized carbons (Fsp3) is 0.100. The van der Waals surface area contributed by atoms with Crippen molar-refractivity contribution in [1.29, 1.82) is 0 Å². The third kappa shape index (κ3) is 1.54. The molecule has 66 valence electrons. The fourth-order valence-electron chi connectivity index (χ4n) is 1.07. The molecule has 1 aromatic heterocycles. The minimum absolute atomic E-state index is 0.499. The highest BCUT2D eigenvalue weighted by Gasteiger charge is 2.04. The van der Waals surface area contributed by atoms with Gasteiger partial charge in [0.15, 0.2) is 6.26 Å². The van der Waals surface area contributed by atoms with Crippen molar-refractivity contribution >= 4 is 0 Å². The summed E-state index contributed by atoms with van der Waals surface area (Å²) >= 11 is 0. The molecule has 0 amide bonds. The molecule has 0 radical (unpaired) electrons. The van der Waals surface area contributed by atoms with E-state index in [0.717, 1.165) is 5.56 Å². The summed E-state index contributed by atoms with van der Waals surface area (Å²) in [5.74, 6) is 1.08. The molecule has 0 N–H and O–H groups in total. The maximum absolute atomic E-state index is 5.21. The minimum Gasteiger partial charge on any atom is -0.479 e. The first-order chi connectivity index (χ1) is 6.40. The lowest BCUT2D eigenvalue weighted by Gasteiger charge is -1.91. The van der Waals surface area contributed by atoms with Crippen molar-refractivity contribution in [2.75, 3.05) is 7.11 Å². The number of hydrogen-bond donors (Lipinski definition) is 0. The predicted octanol–water partition coefficient (Wildman–Crippen LogP) is 2.35. The number of benzene rings is 1.